The molecule has 1 fully saturated rings. The molecule has 5 nitrogen and oxygen atoms in total. The predicted octanol–water partition coefficient (Wildman–Crippen LogP) is 1.06. The SMILES string of the molecule is N#CCC1CCCN(c2nnns2)C1. The van der Waals surface area contributed by atoms with Crippen LogP contribution in [-0.2, 0) is 0 Å². The van der Waals surface area contributed by atoms with Gasteiger partial charge in [0.05, 0.1) is 6.07 Å². The fourth-order valence-electron chi connectivity index (χ4n) is 1.79. The lowest BCUT2D eigenvalue weighted by Crippen LogP contribution is -2.35. The third-order valence-corrected chi connectivity index (χ3v) is 3.12. The summed E-state index contributed by atoms with van der Waals surface area (Å²) in [7, 11) is 0. The molecule has 6 heteroatoms. The van der Waals surface area contributed by atoms with Crippen LogP contribution in [-0.4, -0.2) is 27.9 Å². The van der Waals surface area contributed by atoms with Gasteiger partial charge in [-0.05, 0) is 24.0 Å². The van der Waals surface area contributed by atoms with Crippen molar-refractivity contribution in [3.63, 3.8) is 0 Å². The van der Waals surface area contributed by atoms with E-state index >= 15 is 0 Å². The van der Waals surface area contributed by atoms with Crippen molar-refractivity contribution >= 4 is 16.7 Å². The summed E-state index contributed by atoms with van der Waals surface area (Å²) in [6.45, 7) is 1.93. The van der Waals surface area contributed by atoms with Gasteiger partial charge in [0, 0.05) is 31.0 Å². The molecule has 1 aromatic rings. The second-order valence-corrected chi connectivity index (χ2v) is 4.17. The Morgan fingerprint density at radius 3 is 3.29 bits per heavy atom. The van der Waals surface area contributed by atoms with E-state index in [1.165, 1.54) is 11.5 Å². The lowest BCUT2D eigenvalue weighted by molar-refractivity contribution is 0.421. The predicted molar refractivity (Wildman–Crippen MR) is 52.9 cm³/mol. The van der Waals surface area contributed by atoms with Gasteiger partial charge >= 0.3 is 0 Å². The molecule has 14 heavy (non-hydrogen) atoms. The van der Waals surface area contributed by atoms with E-state index in [1.54, 1.807) is 0 Å². The maximum atomic E-state index is 8.63. The van der Waals surface area contributed by atoms with Crippen LogP contribution in [0.2, 0.25) is 0 Å². The number of piperidine rings is 1. The number of aromatic nitrogens is 3. The number of nitrogens with zero attached hydrogens (tertiary/aromatic N) is 5. The molecule has 0 N–H and O–H groups in total. The Labute approximate surface area is 86.5 Å². The van der Waals surface area contributed by atoms with Crippen LogP contribution in [0.4, 0.5) is 5.13 Å². The van der Waals surface area contributed by atoms with Gasteiger partial charge in [0.1, 0.15) is 0 Å². The van der Waals surface area contributed by atoms with Crippen LogP contribution in [0.25, 0.3) is 0 Å². The van der Waals surface area contributed by atoms with Crippen LogP contribution in [0.1, 0.15) is 19.3 Å². The fraction of sp³-hybridized carbons (Fsp3) is 0.750. The van der Waals surface area contributed by atoms with Gasteiger partial charge in [-0.3, -0.25) is 0 Å². The Balaban J connectivity index is 1.98. The minimum atomic E-state index is 0.484. The van der Waals surface area contributed by atoms with E-state index in [0.29, 0.717) is 12.3 Å². The van der Waals surface area contributed by atoms with Crippen LogP contribution in [0, 0.1) is 17.2 Å². The number of rotatable bonds is 2. The first-order valence-electron chi connectivity index (χ1n) is 4.67. The van der Waals surface area contributed by atoms with E-state index in [2.05, 4.69) is 25.8 Å². The monoisotopic (exact) mass is 209 g/mol. The molecule has 1 unspecified atom stereocenters. The van der Waals surface area contributed by atoms with Gasteiger partial charge in [-0.1, -0.05) is 9.59 Å². The summed E-state index contributed by atoms with van der Waals surface area (Å²) in [6.07, 6.45) is 2.92. The number of anilines is 1. The van der Waals surface area contributed by atoms with Crippen molar-refractivity contribution in [2.75, 3.05) is 18.0 Å². The second kappa shape index (κ2) is 4.33. The standard InChI is InChI=1S/C8H11N5S/c9-4-3-7-2-1-5-13(6-7)8-10-11-12-14-8/h7H,1-3,5-6H2. The topological polar surface area (TPSA) is 65.7 Å². The highest BCUT2D eigenvalue weighted by Gasteiger charge is 2.21. The van der Waals surface area contributed by atoms with E-state index in [0.717, 1.165) is 31.1 Å². The summed E-state index contributed by atoms with van der Waals surface area (Å²) in [5.41, 5.74) is 0. The highest BCUT2D eigenvalue weighted by molar-refractivity contribution is 7.09. The summed E-state index contributed by atoms with van der Waals surface area (Å²) in [5.74, 6) is 0.484. The van der Waals surface area contributed by atoms with Gasteiger partial charge in [0.25, 0.3) is 0 Å². The summed E-state index contributed by atoms with van der Waals surface area (Å²) in [5, 5.41) is 17.0. The van der Waals surface area contributed by atoms with E-state index < -0.39 is 0 Å². The Morgan fingerprint density at radius 1 is 1.64 bits per heavy atom. The largest absolute Gasteiger partial charge is 0.345 e. The zero-order chi connectivity index (χ0) is 9.80. The van der Waals surface area contributed by atoms with Gasteiger partial charge in [-0.15, -0.1) is 0 Å². The normalized spacial score (nSPS) is 21.9. The summed E-state index contributed by atoms with van der Waals surface area (Å²) >= 11 is 1.32. The molecule has 1 aromatic heterocycles. The van der Waals surface area contributed by atoms with Crippen molar-refractivity contribution in [1.29, 1.82) is 5.26 Å². The maximum absolute atomic E-state index is 8.63. The van der Waals surface area contributed by atoms with E-state index in [9.17, 15) is 0 Å². The first kappa shape index (κ1) is 9.34. The van der Waals surface area contributed by atoms with Gasteiger partial charge < -0.3 is 4.90 Å². The van der Waals surface area contributed by atoms with Crippen LogP contribution >= 0.6 is 11.5 Å². The van der Waals surface area contributed by atoms with E-state index in [1.807, 2.05) is 0 Å². The van der Waals surface area contributed by atoms with Crippen molar-refractivity contribution in [1.82, 2.24) is 14.8 Å². The molecule has 0 amide bonds. The molecule has 0 aromatic carbocycles. The molecule has 0 radical (unpaired) electrons. The highest BCUT2D eigenvalue weighted by atomic mass is 32.1. The molecule has 0 spiro atoms. The Hall–Kier alpha value is -1.22. The quantitative estimate of drug-likeness (QED) is 0.728. The summed E-state index contributed by atoms with van der Waals surface area (Å²) in [6, 6.07) is 2.23. The Bertz CT molecular complexity index is 317. The van der Waals surface area contributed by atoms with Gasteiger partial charge in [-0.25, -0.2) is 0 Å². The summed E-state index contributed by atoms with van der Waals surface area (Å²) < 4.78 is 3.74. The van der Waals surface area contributed by atoms with E-state index in [-0.39, 0.29) is 0 Å². The smallest absolute Gasteiger partial charge is 0.227 e. The number of hydrogen-bond donors (Lipinski definition) is 0. The highest BCUT2D eigenvalue weighted by Crippen LogP contribution is 2.24. The zero-order valence-electron chi connectivity index (χ0n) is 7.76. The molecule has 0 saturated carbocycles. The molecule has 74 valence electrons. The van der Waals surface area contributed by atoms with Gasteiger partial charge in [0.15, 0.2) is 0 Å². The van der Waals surface area contributed by atoms with Crippen molar-refractivity contribution < 1.29 is 0 Å². The van der Waals surface area contributed by atoms with Crippen molar-refractivity contribution in [2.45, 2.75) is 19.3 Å². The van der Waals surface area contributed by atoms with Crippen molar-refractivity contribution in [3.8, 4) is 6.07 Å². The average Bonchev–Trinajstić information content (AvgIpc) is 2.71. The van der Waals surface area contributed by atoms with Gasteiger partial charge in [0.2, 0.25) is 5.13 Å². The fourth-order valence-corrected chi connectivity index (χ4v) is 2.29. The molecule has 2 rings (SSSR count). The Morgan fingerprint density at radius 2 is 2.57 bits per heavy atom. The van der Waals surface area contributed by atoms with E-state index in [4.69, 9.17) is 5.26 Å². The van der Waals surface area contributed by atoms with Crippen LogP contribution in [0.5, 0.6) is 0 Å². The first-order chi connectivity index (χ1) is 6.90. The third-order valence-electron chi connectivity index (χ3n) is 2.46. The van der Waals surface area contributed by atoms with Gasteiger partial charge in [-0.2, -0.15) is 5.26 Å². The van der Waals surface area contributed by atoms with Crippen LogP contribution < -0.4 is 4.90 Å². The molecule has 1 aliphatic heterocycles. The molecule has 1 aliphatic rings. The number of nitriles is 1. The zero-order valence-corrected chi connectivity index (χ0v) is 8.57. The molecule has 1 saturated heterocycles. The first-order valence-corrected chi connectivity index (χ1v) is 5.44. The van der Waals surface area contributed by atoms with Crippen molar-refractivity contribution in [3.05, 3.63) is 0 Å². The molecule has 1 atom stereocenters. The minimum absolute atomic E-state index is 0.484. The molecule has 0 bridgehead atoms. The minimum Gasteiger partial charge on any atom is -0.345 e. The Kier molecular flexibility index (Phi) is 2.89. The summed E-state index contributed by atoms with van der Waals surface area (Å²) in [4.78, 5) is 2.18. The third kappa shape index (κ3) is 1.99. The van der Waals surface area contributed by atoms with Crippen LogP contribution in [0.15, 0.2) is 0 Å². The number of hydrogen-bond acceptors (Lipinski definition) is 6. The van der Waals surface area contributed by atoms with Crippen molar-refractivity contribution in [2.24, 2.45) is 5.92 Å². The molecular formula is C8H11N5S. The lowest BCUT2D eigenvalue weighted by atomic mass is 9.96. The molecule has 0 aliphatic carbocycles. The second-order valence-electron chi connectivity index (χ2n) is 3.46. The molecular weight excluding hydrogens is 198 g/mol. The maximum Gasteiger partial charge on any atom is 0.227 e. The lowest BCUT2D eigenvalue weighted by Gasteiger charge is -2.30. The average molecular weight is 209 g/mol. The molecule has 2 heterocycles. The van der Waals surface area contributed by atoms with Crippen LogP contribution in [0.3, 0.4) is 0 Å².